The Hall–Kier alpha value is -0.330. The number of hydrogen-bond acceptors (Lipinski definition) is 1. The van der Waals surface area contributed by atoms with E-state index < -0.39 is 0 Å². The van der Waals surface area contributed by atoms with Crippen molar-refractivity contribution in [3.8, 4) is 0 Å². The Bertz CT molecular complexity index is 129. The van der Waals surface area contributed by atoms with Gasteiger partial charge in [-0.25, -0.2) is 0 Å². The lowest BCUT2D eigenvalue weighted by atomic mass is 9.81. The van der Waals surface area contributed by atoms with Crippen molar-refractivity contribution >= 4 is 5.78 Å². The van der Waals surface area contributed by atoms with Gasteiger partial charge in [0.05, 0.1) is 0 Å². The van der Waals surface area contributed by atoms with Gasteiger partial charge in [-0.3, -0.25) is 4.79 Å². The number of ketones is 1. The van der Waals surface area contributed by atoms with Crippen LogP contribution in [-0.2, 0) is 4.79 Å². The second kappa shape index (κ2) is 6.22. The summed E-state index contributed by atoms with van der Waals surface area (Å²) < 4.78 is 0. The van der Waals surface area contributed by atoms with Gasteiger partial charge in [0, 0.05) is 5.92 Å². The van der Waals surface area contributed by atoms with E-state index in [9.17, 15) is 4.79 Å². The number of Topliss-reactive ketones (excluding diaryl/α,β-unsaturated/α-hetero) is 1. The maximum absolute atomic E-state index is 10.9. The first kappa shape index (κ1) is 11.7. The van der Waals surface area contributed by atoms with Crippen LogP contribution >= 0.6 is 0 Å². The molecule has 0 aromatic heterocycles. The molecule has 0 saturated heterocycles. The molecule has 0 spiro atoms. The lowest BCUT2D eigenvalue weighted by molar-refractivity contribution is -0.122. The smallest absolute Gasteiger partial charge is 0.132 e. The highest BCUT2D eigenvalue weighted by atomic mass is 16.1. The predicted molar refractivity (Wildman–Crippen MR) is 53.2 cm³/mol. The average Bonchev–Trinajstić information content (AvgIpc) is 2.08. The van der Waals surface area contributed by atoms with Crippen molar-refractivity contribution in [1.29, 1.82) is 0 Å². The third-order valence-electron chi connectivity index (χ3n) is 2.51. The zero-order valence-corrected chi connectivity index (χ0v) is 8.89. The average molecular weight is 170 g/mol. The summed E-state index contributed by atoms with van der Waals surface area (Å²) in [5.74, 6) is 1.57. The minimum absolute atomic E-state index is 0.392. The van der Waals surface area contributed by atoms with Crippen molar-refractivity contribution < 1.29 is 4.79 Å². The van der Waals surface area contributed by atoms with Crippen LogP contribution in [0, 0.1) is 11.8 Å². The van der Waals surface area contributed by atoms with Crippen LogP contribution in [0.25, 0.3) is 0 Å². The summed E-state index contributed by atoms with van der Waals surface area (Å²) in [4.78, 5) is 10.9. The molecule has 1 heteroatoms. The van der Waals surface area contributed by atoms with Crippen LogP contribution in [0.1, 0.15) is 53.4 Å². The Morgan fingerprint density at radius 1 is 1.25 bits per heavy atom. The van der Waals surface area contributed by atoms with Crippen LogP contribution < -0.4 is 0 Å². The first-order valence-corrected chi connectivity index (χ1v) is 5.20. The Kier molecular flexibility index (Phi) is 6.04. The molecule has 0 N–H and O–H groups in total. The first-order valence-electron chi connectivity index (χ1n) is 5.20. The van der Waals surface area contributed by atoms with Crippen LogP contribution in [-0.4, -0.2) is 5.78 Å². The summed E-state index contributed by atoms with van der Waals surface area (Å²) >= 11 is 0. The molecule has 0 radical (unpaired) electrons. The van der Waals surface area contributed by atoms with Crippen LogP contribution in [0.3, 0.4) is 0 Å². The van der Waals surface area contributed by atoms with Crippen LogP contribution in [0.4, 0.5) is 0 Å². The minimum Gasteiger partial charge on any atom is -0.300 e. The molecule has 0 unspecified atom stereocenters. The van der Waals surface area contributed by atoms with Crippen LogP contribution in [0.2, 0.25) is 0 Å². The van der Waals surface area contributed by atoms with Gasteiger partial charge in [-0.15, -0.1) is 0 Å². The summed E-state index contributed by atoms with van der Waals surface area (Å²) in [5, 5.41) is 0. The van der Waals surface area contributed by atoms with E-state index >= 15 is 0 Å². The standard InChI is InChI=1S/C9H16O.C2H6/c1-7-4-3-5-9(6-7)8(2)10;1-2/h7,9H,3-6H2,1-2H3;1-2H3/t7-,9+;/m1./s1. The van der Waals surface area contributed by atoms with Crippen molar-refractivity contribution in [3.63, 3.8) is 0 Å². The summed E-state index contributed by atoms with van der Waals surface area (Å²) in [5.41, 5.74) is 0. The molecule has 0 bridgehead atoms. The number of carbonyl (C=O) groups excluding carboxylic acids is 1. The van der Waals surface area contributed by atoms with E-state index in [1.807, 2.05) is 13.8 Å². The zero-order valence-electron chi connectivity index (χ0n) is 8.89. The third-order valence-corrected chi connectivity index (χ3v) is 2.51. The molecule has 0 heterocycles. The number of rotatable bonds is 1. The van der Waals surface area contributed by atoms with E-state index in [4.69, 9.17) is 0 Å². The van der Waals surface area contributed by atoms with E-state index in [1.165, 1.54) is 12.8 Å². The highest BCUT2D eigenvalue weighted by Gasteiger charge is 2.21. The third kappa shape index (κ3) is 3.89. The fraction of sp³-hybridized carbons (Fsp3) is 0.909. The minimum atomic E-state index is 0.392. The monoisotopic (exact) mass is 170 g/mol. The van der Waals surface area contributed by atoms with Gasteiger partial charge in [-0.05, 0) is 25.7 Å². The summed E-state index contributed by atoms with van der Waals surface area (Å²) in [6.45, 7) is 7.97. The Morgan fingerprint density at radius 2 is 1.83 bits per heavy atom. The van der Waals surface area contributed by atoms with Gasteiger partial charge in [-0.2, -0.15) is 0 Å². The molecule has 0 aromatic rings. The van der Waals surface area contributed by atoms with E-state index in [0.717, 1.165) is 18.8 Å². The van der Waals surface area contributed by atoms with Gasteiger partial charge >= 0.3 is 0 Å². The zero-order chi connectivity index (χ0) is 9.56. The van der Waals surface area contributed by atoms with Gasteiger partial charge in [0.15, 0.2) is 0 Å². The molecule has 1 aliphatic rings. The SMILES string of the molecule is CC.CC(=O)[C@H]1CCC[C@@H](C)C1. The maximum atomic E-state index is 10.9. The molecule has 0 aromatic carbocycles. The molecule has 0 amide bonds. The highest BCUT2D eigenvalue weighted by molar-refractivity contribution is 5.78. The molecule has 72 valence electrons. The van der Waals surface area contributed by atoms with Gasteiger partial charge in [0.2, 0.25) is 0 Å². The van der Waals surface area contributed by atoms with Crippen molar-refractivity contribution in [2.75, 3.05) is 0 Å². The molecule has 1 rings (SSSR count). The molecular formula is C11H22O. The number of hydrogen-bond donors (Lipinski definition) is 0. The van der Waals surface area contributed by atoms with Crippen molar-refractivity contribution in [2.45, 2.75) is 53.4 Å². The molecule has 1 saturated carbocycles. The van der Waals surface area contributed by atoms with Crippen LogP contribution in [0.15, 0.2) is 0 Å². The van der Waals surface area contributed by atoms with Gasteiger partial charge < -0.3 is 0 Å². The molecular weight excluding hydrogens is 148 g/mol. The molecule has 1 fully saturated rings. The van der Waals surface area contributed by atoms with Gasteiger partial charge in [0.25, 0.3) is 0 Å². The molecule has 1 nitrogen and oxygen atoms in total. The van der Waals surface area contributed by atoms with Crippen LogP contribution in [0.5, 0.6) is 0 Å². The van der Waals surface area contributed by atoms with Crippen molar-refractivity contribution in [3.05, 3.63) is 0 Å². The second-order valence-electron chi connectivity index (χ2n) is 3.58. The summed E-state index contributed by atoms with van der Waals surface area (Å²) in [6.07, 6.45) is 4.85. The van der Waals surface area contributed by atoms with E-state index in [2.05, 4.69) is 6.92 Å². The lowest BCUT2D eigenvalue weighted by Gasteiger charge is -2.24. The van der Waals surface area contributed by atoms with Gasteiger partial charge in [0.1, 0.15) is 5.78 Å². The Labute approximate surface area is 76.6 Å². The largest absolute Gasteiger partial charge is 0.300 e. The first-order chi connectivity index (χ1) is 5.70. The van der Waals surface area contributed by atoms with E-state index in [0.29, 0.717) is 11.7 Å². The lowest BCUT2D eigenvalue weighted by Crippen LogP contribution is -2.19. The van der Waals surface area contributed by atoms with E-state index in [-0.39, 0.29) is 0 Å². The predicted octanol–water partition coefficient (Wildman–Crippen LogP) is 3.43. The molecule has 2 atom stereocenters. The van der Waals surface area contributed by atoms with E-state index in [1.54, 1.807) is 6.92 Å². The normalized spacial score (nSPS) is 28.7. The topological polar surface area (TPSA) is 17.1 Å². The fourth-order valence-corrected chi connectivity index (χ4v) is 1.80. The summed E-state index contributed by atoms with van der Waals surface area (Å²) in [7, 11) is 0. The molecule has 1 aliphatic carbocycles. The fourth-order valence-electron chi connectivity index (χ4n) is 1.80. The van der Waals surface area contributed by atoms with Gasteiger partial charge in [-0.1, -0.05) is 33.6 Å². The van der Waals surface area contributed by atoms with Crippen molar-refractivity contribution in [2.24, 2.45) is 11.8 Å². The molecule has 0 aliphatic heterocycles. The highest BCUT2D eigenvalue weighted by Crippen LogP contribution is 2.28. The molecule has 12 heavy (non-hydrogen) atoms. The Morgan fingerprint density at radius 3 is 2.17 bits per heavy atom. The number of carbonyl (C=O) groups is 1. The quantitative estimate of drug-likeness (QED) is 0.589. The second-order valence-corrected chi connectivity index (χ2v) is 3.58. The van der Waals surface area contributed by atoms with Crippen molar-refractivity contribution in [1.82, 2.24) is 0 Å². The summed E-state index contributed by atoms with van der Waals surface area (Å²) in [6, 6.07) is 0. The maximum Gasteiger partial charge on any atom is 0.132 e. The Balaban J connectivity index is 0.000000561.